The maximum atomic E-state index is 13.2. The second kappa shape index (κ2) is 8.85. The predicted octanol–water partition coefficient (Wildman–Crippen LogP) is 3.46. The molecule has 2 aliphatic heterocycles. The fraction of sp³-hybridized carbons (Fsp3) is 0.476. The molecule has 1 atom stereocenters. The van der Waals surface area contributed by atoms with Crippen LogP contribution in [0.25, 0.3) is 0 Å². The van der Waals surface area contributed by atoms with Gasteiger partial charge < -0.3 is 9.64 Å². The van der Waals surface area contributed by atoms with E-state index in [4.69, 9.17) is 4.74 Å². The van der Waals surface area contributed by atoms with Crippen molar-refractivity contribution in [3.8, 4) is 5.75 Å². The minimum atomic E-state index is -3.60. The van der Waals surface area contributed by atoms with Gasteiger partial charge in [-0.05, 0) is 49.3 Å². The van der Waals surface area contributed by atoms with Crippen molar-refractivity contribution in [2.24, 2.45) is 5.92 Å². The summed E-state index contributed by atoms with van der Waals surface area (Å²) >= 11 is 1.22. The van der Waals surface area contributed by atoms with Gasteiger partial charge in [0.25, 0.3) is 5.91 Å². The molecule has 156 valence electrons. The standard InChI is InChI=1S/C21H26N2O4S2/c24-21(20-19(10-14-28-20)29(25,26)23-12-4-5-13-23)22-11-6-7-17(15-22)16-27-18-8-2-1-3-9-18/h1-3,8-10,14,17H,4-7,11-13,15-16H2. The number of thiophene rings is 1. The Labute approximate surface area is 176 Å². The van der Waals surface area contributed by atoms with E-state index in [9.17, 15) is 13.2 Å². The van der Waals surface area contributed by atoms with Crippen LogP contribution >= 0.6 is 11.3 Å². The number of hydrogen-bond acceptors (Lipinski definition) is 5. The number of likely N-dealkylation sites (tertiary alicyclic amines) is 1. The van der Waals surface area contributed by atoms with Crippen molar-refractivity contribution in [3.63, 3.8) is 0 Å². The minimum Gasteiger partial charge on any atom is -0.493 e. The van der Waals surface area contributed by atoms with Crippen molar-refractivity contribution < 1.29 is 17.9 Å². The van der Waals surface area contributed by atoms with Crippen LogP contribution in [0.5, 0.6) is 5.75 Å². The van der Waals surface area contributed by atoms with Crippen LogP contribution in [0.15, 0.2) is 46.7 Å². The molecule has 1 aromatic carbocycles. The molecule has 6 nitrogen and oxygen atoms in total. The topological polar surface area (TPSA) is 66.9 Å². The average Bonchev–Trinajstić information content (AvgIpc) is 3.45. The Morgan fingerprint density at radius 2 is 1.83 bits per heavy atom. The van der Waals surface area contributed by atoms with Gasteiger partial charge in [-0.15, -0.1) is 11.3 Å². The molecule has 1 amide bonds. The second-order valence-electron chi connectivity index (χ2n) is 7.61. The van der Waals surface area contributed by atoms with E-state index in [1.807, 2.05) is 30.3 Å². The van der Waals surface area contributed by atoms with Crippen LogP contribution in [0.2, 0.25) is 0 Å². The highest BCUT2D eigenvalue weighted by Crippen LogP contribution is 2.30. The van der Waals surface area contributed by atoms with Gasteiger partial charge in [0, 0.05) is 32.1 Å². The highest BCUT2D eigenvalue weighted by atomic mass is 32.2. The number of benzene rings is 1. The van der Waals surface area contributed by atoms with Crippen LogP contribution in [0.4, 0.5) is 0 Å². The largest absolute Gasteiger partial charge is 0.493 e. The number of carbonyl (C=O) groups is 1. The Morgan fingerprint density at radius 1 is 1.07 bits per heavy atom. The zero-order chi connectivity index (χ0) is 20.3. The normalized spacial score (nSPS) is 20.7. The van der Waals surface area contributed by atoms with E-state index in [0.29, 0.717) is 37.7 Å². The summed E-state index contributed by atoms with van der Waals surface area (Å²) in [4.78, 5) is 15.5. The van der Waals surface area contributed by atoms with Crippen molar-refractivity contribution in [1.82, 2.24) is 9.21 Å². The molecule has 2 aromatic rings. The molecule has 29 heavy (non-hydrogen) atoms. The molecule has 0 saturated carbocycles. The van der Waals surface area contributed by atoms with E-state index in [1.54, 1.807) is 16.3 Å². The molecule has 0 spiro atoms. The summed E-state index contributed by atoms with van der Waals surface area (Å²) in [6, 6.07) is 11.2. The Hall–Kier alpha value is -1.90. The van der Waals surface area contributed by atoms with Crippen LogP contribution in [0.3, 0.4) is 0 Å². The summed E-state index contributed by atoms with van der Waals surface area (Å²) < 4.78 is 33.3. The smallest absolute Gasteiger partial charge is 0.265 e. The average molecular weight is 435 g/mol. The Morgan fingerprint density at radius 3 is 2.59 bits per heavy atom. The molecule has 0 N–H and O–H groups in total. The lowest BCUT2D eigenvalue weighted by Gasteiger charge is -2.32. The molecule has 2 saturated heterocycles. The lowest BCUT2D eigenvalue weighted by molar-refractivity contribution is 0.0634. The van der Waals surface area contributed by atoms with Gasteiger partial charge in [-0.25, -0.2) is 8.42 Å². The first kappa shape index (κ1) is 20.4. The van der Waals surface area contributed by atoms with E-state index in [0.717, 1.165) is 31.4 Å². The zero-order valence-corrected chi connectivity index (χ0v) is 18.0. The first-order chi connectivity index (χ1) is 14.1. The van der Waals surface area contributed by atoms with Crippen molar-refractivity contribution >= 4 is 27.3 Å². The molecular weight excluding hydrogens is 408 g/mol. The number of carbonyl (C=O) groups excluding carboxylic acids is 1. The third kappa shape index (κ3) is 4.49. The lowest BCUT2D eigenvalue weighted by atomic mass is 9.99. The maximum Gasteiger partial charge on any atom is 0.265 e. The van der Waals surface area contributed by atoms with Crippen LogP contribution in [0, 0.1) is 5.92 Å². The minimum absolute atomic E-state index is 0.164. The number of nitrogens with zero attached hydrogens (tertiary/aromatic N) is 2. The Bertz CT molecular complexity index is 937. The Kier molecular flexibility index (Phi) is 6.22. The van der Waals surface area contributed by atoms with Crippen molar-refractivity contribution in [1.29, 1.82) is 0 Å². The number of hydrogen-bond donors (Lipinski definition) is 0. The van der Waals surface area contributed by atoms with E-state index in [-0.39, 0.29) is 16.7 Å². The SMILES string of the molecule is O=C(c1sccc1S(=O)(=O)N1CCCC1)N1CCCC(COc2ccccc2)C1. The fourth-order valence-electron chi connectivity index (χ4n) is 3.98. The van der Waals surface area contributed by atoms with Gasteiger partial charge in [0.2, 0.25) is 10.0 Å². The van der Waals surface area contributed by atoms with Gasteiger partial charge >= 0.3 is 0 Å². The van der Waals surface area contributed by atoms with Gasteiger partial charge in [0.1, 0.15) is 15.5 Å². The molecule has 4 rings (SSSR count). The van der Waals surface area contributed by atoms with Crippen LogP contribution < -0.4 is 4.74 Å². The summed E-state index contributed by atoms with van der Waals surface area (Å²) in [5.74, 6) is 0.891. The van der Waals surface area contributed by atoms with Gasteiger partial charge in [-0.3, -0.25) is 4.79 Å². The maximum absolute atomic E-state index is 13.2. The molecule has 3 heterocycles. The van der Waals surface area contributed by atoms with Crippen LogP contribution in [-0.4, -0.2) is 56.3 Å². The molecule has 2 fully saturated rings. The van der Waals surface area contributed by atoms with E-state index in [1.165, 1.54) is 15.6 Å². The number of amides is 1. The molecular formula is C21H26N2O4S2. The molecule has 8 heteroatoms. The highest BCUT2D eigenvalue weighted by molar-refractivity contribution is 7.89. The Balaban J connectivity index is 1.44. The molecule has 0 radical (unpaired) electrons. The molecule has 0 bridgehead atoms. The number of sulfonamides is 1. The van der Waals surface area contributed by atoms with Gasteiger partial charge in [-0.2, -0.15) is 4.31 Å². The second-order valence-corrected chi connectivity index (χ2v) is 10.4. The van der Waals surface area contributed by atoms with E-state index < -0.39 is 10.0 Å². The molecule has 1 aromatic heterocycles. The quantitative estimate of drug-likeness (QED) is 0.698. The van der Waals surface area contributed by atoms with Crippen molar-refractivity contribution in [2.75, 3.05) is 32.8 Å². The van der Waals surface area contributed by atoms with Gasteiger partial charge in [0.15, 0.2) is 0 Å². The summed E-state index contributed by atoms with van der Waals surface area (Å²) in [6.45, 7) is 2.87. The zero-order valence-electron chi connectivity index (χ0n) is 16.3. The summed E-state index contributed by atoms with van der Waals surface area (Å²) in [5.41, 5.74) is 0. The van der Waals surface area contributed by atoms with Gasteiger partial charge in [-0.1, -0.05) is 18.2 Å². The number of piperidine rings is 1. The monoisotopic (exact) mass is 434 g/mol. The summed E-state index contributed by atoms with van der Waals surface area (Å²) in [5, 5.41) is 1.70. The number of rotatable bonds is 6. The summed E-state index contributed by atoms with van der Waals surface area (Å²) in [7, 11) is -3.60. The number of para-hydroxylation sites is 1. The lowest BCUT2D eigenvalue weighted by Crippen LogP contribution is -2.42. The van der Waals surface area contributed by atoms with E-state index >= 15 is 0 Å². The van der Waals surface area contributed by atoms with Crippen LogP contribution in [-0.2, 0) is 10.0 Å². The van der Waals surface area contributed by atoms with Crippen molar-refractivity contribution in [3.05, 3.63) is 46.7 Å². The third-order valence-electron chi connectivity index (χ3n) is 5.54. The number of ether oxygens (including phenoxy) is 1. The molecule has 0 aliphatic carbocycles. The molecule has 2 aliphatic rings. The van der Waals surface area contributed by atoms with E-state index in [2.05, 4.69) is 0 Å². The first-order valence-electron chi connectivity index (χ1n) is 10.1. The molecule has 1 unspecified atom stereocenters. The van der Waals surface area contributed by atoms with Crippen LogP contribution in [0.1, 0.15) is 35.4 Å². The first-order valence-corrected chi connectivity index (χ1v) is 12.4. The summed E-state index contributed by atoms with van der Waals surface area (Å²) in [6.07, 6.45) is 3.65. The highest BCUT2D eigenvalue weighted by Gasteiger charge is 2.34. The fourth-order valence-corrected chi connectivity index (χ4v) is 6.86. The third-order valence-corrected chi connectivity index (χ3v) is 8.51. The van der Waals surface area contributed by atoms with Crippen molar-refractivity contribution in [2.45, 2.75) is 30.6 Å². The van der Waals surface area contributed by atoms with Gasteiger partial charge in [0.05, 0.1) is 6.61 Å². The predicted molar refractivity (Wildman–Crippen MR) is 113 cm³/mol.